The van der Waals surface area contributed by atoms with E-state index in [4.69, 9.17) is 5.14 Å². The molecule has 0 saturated heterocycles. The summed E-state index contributed by atoms with van der Waals surface area (Å²) in [6.07, 6.45) is 5.07. The van der Waals surface area contributed by atoms with E-state index in [1.807, 2.05) is 6.08 Å². The summed E-state index contributed by atoms with van der Waals surface area (Å²) in [6.45, 7) is 1.96. The van der Waals surface area contributed by atoms with Crippen LogP contribution < -0.4 is 5.14 Å². The van der Waals surface area contributed by atoms with Crippen molar-refractivity contribution in [3.8, 4) is 5.69 Å². The number of halogens is 3. The zero-order valence-electron chi connectivity index (χ0n) is 16.9. The van der Waals surface area contributed by atoms with Gasteiger partial charge < -0.3 is 0 Å². The lowest BCUT2D eigenvalue weighted by molar-refractivity contribution is 0.283. The van der Waals surface area contributed by atoms with Crippen molar-refractivity contribution in [2.75, 3.05) is 13.1 Å². The molecule has 3 aromatic rings. The number of rotatable bonds is 6. The normalized spacial score (nSPS) is 14.8. The summed E-state index contributed by atoms with van der Waals surface area (Å²) in [6, 6.07) is 6.69. The van der Waals surface area contributed by atoms with Crippen LogP contribution in [0.15, 0.2) is 53.4 Å². The first kappa shape index (κ1) is 22.2. The van der Waals surface area contributed by atoms with Crippen LogP contribution in [0, 0.1) is 17.5 Å². The molecule has 1 aromatic heterocycles. The maximum atomic E-state index is 14.8. The number of hydrogen-bond donors (Lipinski definition) is 1. The fourth-order valence-electron chi connectivity index (χ4n) is 3.47. The molecule has 0 radical (unpaired) electrons. The van der Waals surface area contributed by atoms with E-state index in [1.54, 1.807) is 0 Å². The zero-order chi connectivity index (χ0) is 22.9. The highest BCUT2D eigenvalue weighted by Crippen LogP contribution is 2.21. The van der Waals surface area contributed by atoms with Crippen molar-refractivity contribution in [1.29, 1.82) is 0 Å². The molecule has 0 spiro atoms. The van der Waals surface area contributed by atoms with E-state index in [9.17, 15) is 21.6 Å². The van der Waals surface area contributed by atoms with Gasteiger partial charge in [-0.05, 0) is 42.3 Å². The fraction of sp³-hybridized carbons (Fsp3) is 0.238. The summed E-state index contributed by atoms with van der Waals surface area (Å²) in [7, 11) is -4.08. The van der Waals surface area contributed by atoms with Gasteiger partial charge in [-0.2, -0.15) is 0 Å². The maximum Gasteiger partial charge on any atom is 0.238 e. The third-order valence-electron chi connectivity index (χ3n) is 5.05. The van der Waals surface area contributed by atoms with Crippen LogP contribution in [-0.2, 0) is 23.0 Å². The summed E-state index contributed by atoms with van der Waals surface area (Å²) in [5.41, 5.74) is 0.388. The predicted octanol–water partition coefficient (Wildman–Crippen LogP) is 2.68. The standard InChI is InChI=1S/C21H20F3N5O2S/c22-16-6-4-14(10-17(16)23)11-21-26-20(13-28-8-2-1-3-9-28)27-29(21)19-7-5-15(12-18(19)24)32(25,30)31/h1-2,4-7,10,12H,3,8-9,11,13H2,(H2,25,30,31). The van der Waals surface area contributed by atoms with Crippen molar-refractivity contribution >= 4 is 10.0 Å². The Morgan fingerprint density at radius 2 is 1.81 bits per heavy atom. The average Bonchev–Trinajstić information content (AvgIpc) is 3.12. The van der Waals surface area contributed by atoms with Gasteiger partial charge in [-0.15, -0.1) is 5.10 Å². The Hall–Kier alpha value is -3.02. The minimum atomic E-state index is -4.08. The fourth-order valence-corrected chi connectivity index (χ4v) is 3.99. The molecular weight excluding hydrogens is 443 g/mol. The van der Waals surface area contributed by atoms with E-state index in [2.05, 4.69) is 21.1 Å². The van der Waals surface area contributed by atoms with E-state index < -0.39 is 27.5 Å². The Morgan fingerprint density at radius 3 is 2.47 bits per heavy atom. The van der Waals surface area contributed by atoms with Gasteiger partial charge in [0.1, 0.15) is 17.3 Å². The highest BCUT2D eigenvalue weighted by Gasteiger charge is 2.20. The largest absolute Gasteiger partial charge is 0.292 e. The van der Waals surface area contributed by atoms with Gasteiger partial charge in [-0.1, -0.05) is 18.2 Å². The van der Waals surface area contributed by atoms with Crippen molar-refractivity contribution in [3.05, 3.63) is 83.2 Å². The van der Waals surface area contributed by atoms with E-state index in [0.29, 0.717) is 23.8 Å². The van der Waals surface area contributed by atoms with Crippen LogP contribution in [0.25, 0.3) is 5.69 Å². The van der Waals surface area contributed by atoms with Crippen molar-refractivity contribution in [3.63, 3.8) is 0 Å². The van der Waals surface area contributed by atoms with E-state index in [1.165, 1.54) is 22.9 Å². The van der Waals surface area contributed by atoms with Crippen LogP contribution in [0.3, 0.4) is 0 Å². The van der Waals surface area contributed by atoms with Gasteiger partial charge in [-0.3, -0.25) is 4.90 Å². The number of aromatic nitrogens is 3. The van der Waals surface area contributed by atoms with Gasteiger partial charge in [0, 0.05) is 19.5 Å². The molecule has 0 aliphatic carbocycles. The minimum absolute atomic E-state index is 0.0349. The van der Waals surface area contributed by atoms with E-state index in [0.717, 1.165) is 37.7 Å². The van der Waals surface area contributed by atoms with Gasteiger partial charge in [-0.25, -0.2) is 36.4 Å². The smallest absolute Gasteiger partial charge is 0.238 e. The van der Waals surface area contributed by atoms with Crippen LogP contribution in [-0.4, -0.2) is 41.2 Å². The monoisotopic (exact) mass is 463 g/mol. The van der Waals surface area contributed by atoms with Crippen molar-refractivity contribution < 1.29 is 21.6 Å². The lowest BCUT2D eigenvalue weighted by Crippen LogP contribution is -2.27. The first-order valence-electron chi connectivity index (χ1n) is 9.79. The second kappa shape index (κ2) is 8.85. The second-order valence-electron chi connectivity index (χ2n) is 7.43. The van der Waals surface area contributed by atoms with Crippen LogP contribution >= 0.6 is 0 Å². The van der Waals surface area contributed by atoms with Gasteiger partial charge in [0.05, 0.1) is 11.4 Å². The topological polar surface area (TPSA) is 94.1 Å². The average molecular weight is 463 g/mol. The van der Waals surface area contributed by atoms with Crippen molar-refractivity contribution in [2.24, 2.45) is 5.14 Å². The second-order valence-corrected chi connectivity index (χ2v) is 9.00. The molecule has 2 heterocycles. The first-order chi connectivity index (χ1) is 15.2. The molecule has 2 N–H and O–H groups in total. The predicted molar refractivity (Wildman–Crippen MR) is 111 cm³/mol. The number of sulfonamides is 1. The molecule has 0 fully saturated rings. The van der Waals surface area contributed by atoms with Gasteiger partial charge in [0.25, 0.3) is 0 Å². The SMILES string of the molecule is NS(=O)(=O)c1ccc(-n2nc(CN3CC=CCC3)nc2Cc2ccc(F)c(F)c2)c(F)c1. The maximum absolute atomic E-state index is 14.8. The Bertz CT molecular complexity index is 1290. The number of primary sulfonamides is 1. The molecule has 168 valence electrons. The molecule has 11 heteroatoms. The molecular formula is C21H20F3N5O2S. The molecule has 2 aromatic carbocycles. The molecule has 7 nitrogen and oxygen atoms in total. The summed E-state index contributed by atoms with van der Waals surface area (Å²) in [5.74, 6) is -2.12. The molecule has 0 amide bonds. The summed E-state index contributed by atoms with van der Waals surface area (Å²) >= 11 is 0. The van der Waals surface area contributed by atoms with E-state index >= 15 is 0 Å². The van der Waals surface area contributed by atoms with E-state index in [-0.39, 0.29) is 17.0 Å². The number of benzene rings is 2. The summed E-state index contributed by atoms with van der Waals surface area (Å²) < 4.78 is 66.1. The van der Waals surface area contributed by atoms with Gasteiger partial charge in [0.2, 0.25) is 10.0 Å². The zero-order valence-corrected chi connectivity index (χ0v) is 17.7. The molecule has 4 rings (SSSR count). The van der Waals surface area contributed by atoms with Crippen molar-refractivity contribution in [1.82, 2.24) is 19.7 Å². The molecule has 0 saturated carbocycles. The number of nitrogens with zero attached hydrogens (tertiary/aromatic N) is 4. The lowest BCUT2D eigenvalue weighted by atomic mass is 10.1. The minimum Gasteiger partial charge on any atom is -0.292 e. The lowest BCUT2D eigenvalue weighted by Gasteiger charge is -2.20. The quantitative estimate of drug-likeness (QED) is 0.568. The number of hydrogen-bond acceptors (Lipinski definition) is 5. The molecule has 1 aliphatic heterocycles. The van der Waals surface area contributed by atoms with Gasteiger partial charge >= 0.3 is 0 Å². The van der Waals surface area contributed by atoms with Crippen LogP contribution in [0.1, 0.15) is 23.6 Å². The molecule has 1 aliphatic rings. The third kappa shape index (κ3) is 4.90. The Balaban J connectivity index is 1.73. The summed E-state index contributed by atoms with van der Waals surface area (Å²) in [4.78, 5) is 6.24. The summed E-state index contributed by atoms with van der Waals surface area (Å²) in [5, 5.41) is 9.49. The van der Waals surface area contributed by atoms with Crippen LogP contribution in [0.5, 0.6) is 0 Å². The van der Waals surface area contributed by atoms with Crippen LogP contribution in [0.2, 0.25) is 0 Å². The van der Waals surface area contributed by atoms with Gasteiger partial charge in [0.15, 0.2) is 17.5 Å². The number of nitrogens with two attached hydrogens (primary N) is 1. The first-order valence-corrected chi connectivity index (χ1v) is 11.3. The molecule has 0 atom stereocenters. The Morgan fingerprint density at radius 1 is 1.00 bits per heavy atom. The third-order valence-corrected chi connectivity index (χ3v) is 5.96. The molecule has 32 heavy (non-hydrogen) atoms. The Labute approximate surface area is 183 Å². The Kier molecular flexibility index (Phi) is 6.13. The van der Waals surface area contributed by atoms with Crippen molar-refractivity contribution in [2.45, 2.75) is 24.3 Å². The van der Waals surface area contributed by atoms with Crippen LogP contribution in [0.4, 0.5) is 13.2 Å². The molecule has 0 bridgehead atoms. The highest BCUT2D eigenvalue weighted by molar-refractivity contribution is 7.89. The molecule has 0 unspecified atom stereocenters. The highest BCUT2D eigenvalue weighted by atomic mass is 32.2.